The largest absolute Gasteiger partial charge is 0.399 e. The Morgan fingerprint density at radius 2 is 2.19 bits per heavy atom. The molecule has 3 aromatic rings. The number of pyridine rings is 1. The number of benzene rings is 1. The van der Waals surface area contributed by atoms with E-state index in [9.17, 15) is 4.79 Å². The molecule has 21 heavy (non-hydrogen) atoms. The molecule has 2 aromatic heterocycles. The quantitative estimate of drug-likeness (QED) is 0.724. The third kappa shape index (κ3) is 2.19. The summed E-state index contributed by atoms with van der Waals surface area (Å²) in [6.45, 7) is 0. The van der Waals surface area contributed by atoms with Gasteiger partial charge < -0.3 is 5.73 Å². The number of nitrogen functional groups attached to an aromatic ring is 1. The van der Waals surface area contributed by atoms with E-state index in [2.05, 4.69) is 15.2 Å². The molecule has 0 unspecified atom stereocenters. The number of nitrogens with one attached hydrogen (secondary N) is 1. The van der Waals surface area contributed by atoms with E-state index in [1.165, 1.54) is 11.8 Å². The molecule has 2 heterocycles. The molecule has 6 nitrogen and oxygen atoms in total. The van der Waals surface area contributed by atoms with Crippen molar-refractivity contribution in [2.24, 2.45) is 0 Å². The molecule has 106 valence electrons. The van der Waals surface area contributed by atoms with Crippen molar-refractivity contribution in [3.8, 4) is 0 Å². The highest BCUT2D eigenvalue weighted by molar-refractivity contribution is 7.99. The lowest BCUT2D eigenvalue weighted by Crippen LogP contribution is -2.15. The number of nitrogens with zero attached hydrogens (tertiary/aromatic N) is 3. The molecule has 3 N–H and O–H groups in total. The van der Waals surface area contributed by atoms with E-state index in [-0.39, 0.29) is 5.69 Å². The van der Waals surface area contributed by atoms with Crippen LogP contribution in [0.25, 0.3) is 10.9 Å². The van der Waals surface area contributed by atoms with Gasteiger partial charge in [-0.3, -0.25) is 9.55 Å². The first-order valence-corrected chi connectivity index (χ1v) is 7.53. The minimum absolute atomic E-state index is 0.136. The van der Waals surface area contributed by atoms with Gasteiger partial charge in [0.15, 0.2) is 5.16 Å². The molecule has 0 aliphatic heterocycles. The summed E-state index contributed by atoms with van der Waals surface area (Å²) >= 11 is 1.48. The smallest absolute Gasteiger partial charge is 0.344 e. The number of H-pyrrole nitrogens is 1. The molecular formula is C14H13N5OS. The summed E-state index contributed by atoms with van der Waals surface area (Å²) in [6, 6.07) is 7.87. The van der Waals surface area contributed by atoms with Gasteiger partial charge in [-0.2, -0.15) is 0 Å². The second kappa shape index (κ2) is 4.63. The van der Waals surface area contributed by atoms with Gasteiger partial charge in [0.05, 0.1) is 5.52 Å². The van der Waals surface area contributed by atoms with Gasteiger partial charge in [-0.1, -0.05) is 0 Å². The molecule has 0 saturated heterocycles. The van der Waals surface area contributed by atoms with Gasteiger partial charge in [0.1, 0.15) is 0 Å². The van der Waals surface area contributed by atoms with E-state index in [0.29, 0.717) is 16.9 Å². The van der Waals surface area contributed by atoms with Crippen molar-refractivity contribution in [2.75, 3.05) is 5.73 Å². The van der Waals surface area contributed by atoms with E-state index < -0.39 is 0 Å². The van der Waals surface area contributed by atoms with Crippen LogP contribution in [0.4, 0.5) is 5.69 Å². The predicted octanol–water partition coefficient (Wildman–Crippen LogP) is 2.19. The van der Waals surface area contributed by atoms with Crippen LogP contribution in [-0.2, 0) is 0 Å². The van der Waals surface area contributed by atoms with Gasteiger partial charge in [0.2, 0.25) is 0 Å². The van der Waals surface area contributed by atoms with Crippen LogP contribution in [0.5, 0.6) is 0 Å². The van der Waals surface area contributed by atoms with Crippen LogP contribution < -0.4 is 11.4 Å². The third-order valence-corrected chi connectivity index (χ3v) is 4.56. The van der Waals surface area contributed by atoms with E-state index in [4.69, 9.17) is 5.73 Å². The van der Waals surface area contributed by atoms with Crippen molar-refractivity contribution >= 4 is 28.4 Å². The monoisotopic (exact) mass is 299 g/mol. The number of aromatic nitrogens is 4. The number of anilines is 1. The maximum atomic E-state index is 11.8. The van der Waals surface area contributed by atoms with Gasteiger partial charge in [-0.05, 0) is 48.9 Å². The Labute approximate surface area is 124 Å². The Hall–Kier alpha value is -2.28. The highest BCUT2D eigenvalue weighted by Crippen LogP contribution is 2.38. The van der Waals surface area contributed by atoms with Gasteiger partial charge >= 0.3 is 5.69 Å². The molecule has 1 saturated carbocycles. The minimum Gasteiger partial charge on any atom is -0.399 e. The Morgan fingerprint density at radius 1 is 1.33 bits per heavy atom. The maximum absolute atomic E-state index is 11.8. The first-order valence-electron chi connectivity index (χ1n) is 6.71. The summed E-state index contributed by atoms with van der Waals surface area (Å²) in [7, 11) is 0. The number of nitrogens with two attached hydrogens (primary N) is 1. The molecule has 1 aliphatic rings. The maximum Gasteiger partial charge on any atom is 0.344 e. The first kappa shape index (κ1) is 12.5. The normalized spacial score (nSPS) is 14.7. The number of hydrogen-bond acceptors (Lipinski definition) is 5. The lowest BCUT2D eigenvalue weighted by atomic mass is 10.2. The zero-order chi connectivity index (χ0) is 14.4. The molecule has 1 aromatic carbocycles. The van der Waals surface area contributed by atoms with Gasteiger partial charge in [0.25, 0.3) is 0 Å². The lowest BCUT2D eigenvalue weighted by molar-refractivity contribution is 0.642. The number of aromatic amines is 1. The highest BCUT2D eigenvalue weighted by Gasteiger charge is 2.28. The van der Waals surface area contributed by atoms with Gasteiger partial charge in [-0.15, -0.1) is 5.10 Å². The van der Waals surface area contributed by atoms with E-state index in [1.807, 2.05) is 24.3 Å². The van der Waals surface area contributed by atoms with Crippen LogP contribution in [0.1, 0.15) is 18.9 Å². The molecule has 0 atom stereocenters. The number of fused-ring (bicyclic) bond motifs is 1. The number of hydrogen-bond donors (Lipinski definition) is 2. The van der Waals surface area contributed by atoms with Crippen molar-refractivity contribution in [2.45, 2.75) is 28.9 Å². The molecule has 1 aliphatic carbocycles. The Kier molecular flexibility index (Phi) is 2.75. The van der Waals surface area contributed by atoms with Crippen LogP contribution in [0.3, 0.4) is 0 Å². The highest BCUT2D eigenvalue weighted by atomic mass is 32.2. The van der Waals surface area contributed by atoms with Crippen molar-refractivity contribution in [1.82, 2.24) is 19.7 Å². The van der Waals surface area contributed by atoms with Crippen molar-refractivity contribution in [1.29, 1.82) is 0 Å². The fourth-order valence-electron chi connectivity index (χ4n) is 2.34. The van der Waals surface area contributed by atoms with Crippen LogP contribution >= 0.6 is 11.8 Å². The third-order valence-electron chi connectivity index (χ3n) is 3.51. The molecule has 4 rings (SSSR count). The summed E-state index contributed by atoms with van der Waals surface area (Å²) in [5.74, 6) is 0. The Balaban J connectivity index is 1.79. The zero-order valence-electron chi connectivity index (χ0n) is 11.1. The van der Waals surface area contributed by atoms with E-state index in [0.717, 1.165) is 28.6 Å². The van der Waals surface area contributed by atoms with Gasteiger partial charge in [-0.25, -0.2) is 9.89 Å². The summed E-state index contributed by atoms with van der Waals surface area (Å²) in [4.78, 5) is 17.2. The molecule has 0 spiro atoms. The SMILES string of the molecule is Nc1ccc2c(Sc3n[nH]c(=O)n3C3CC3)ccnc2c1. The molecule has 0 amide bonds. The summed E-state index contributed by atoms with van der Waals surface area (Å²) in [6.07, 6.45) is 3.83. The standard InChI is InChI=1S/C14H13N5OS/c15-8-1-4-10-11(7-8)16-6-5-12(10)21-14-18-17-13(20)19(14)9-2-3-9/h1,4-7,9H,2-3,15H2,(H,17,20). The summed E-state index contributed by atoms with van der Waals surface area (Å²) in [5, 5.41) is 8.39. The first-order chi connectivity index (χ1) is 10.2. The topological polar surface area (TPSA) is 89.6 Å². The summed E-state index contributed by atoms with van der Waals surface area (Å²) in [5.41, 5.74) is 7.19. The van der Waals surface area contributed by atoms with Crippen LogP contribution in [0, 0.1) is 0 Å². The molecule has 0 bridgehead atoms. The zero-order valence-corrected chi connectivity index (χ0v) is 11.9. The van der Waals surface area contributed by atoms with Crippen LogP contribution in [0.2, 0.25) is 0 Å². The van der Waals surface area contributed by atoms with Crippen LogP contribution in [-0.4, -0.2) is 19.7 Å². The second-order valence-electron chi connectivity index (χ2n) is 5.10. The average Bonchev–Trinajstić information content (AvgIpc) is 3.24. The van der Waals surface area contributed by atoms with Crippen molar-refractivity contribution in [3.63, 3.8) is 0 Å². The minimum atomic E-state index is -0.136. The van der Waals surface area contributed by atoms with Crippen molar-refractivity contribution in [3.05, 3.63) is 40.9 Å². The molecule has 1 fully saturated rings. The average molecular weight is 299 g/mol. The fraction of sp³-hybridized carbons (Fsp3) is 0.214. The summed E-state index contributed by atoms with van der Waals surface area (Å²) < 4.78 is 1.74. The molecular weight excluding hydrogens is 286 g/mol. The van der Waals surface area contributed by atoms with Gasteiger partial charge in [0, 0.05) is 28.2 Å². The molecule has 0 radical (unpaired) electrons. The lowest BCUT2D eigenvalue weighted by Gasteiger charge is -2.06. The van der Waals surface area contributed by atoms with E-state index >= 15 is 0 Å². The Morgan fingerprint density at radius 3 is 3.00 bits per heavy atom. The number of rotatable bonds is 3. The fourth-order valence-corrected chi connectivity index (χ4v) is 3.37. The Bertz CT molecular complexity index is 880. The van der Waals surface area contributed by atoms with E-state index in [1.54, 1.807) is 10.8 Å². The molecule has 7 heteroatoms. The van der Waals surface area contributed by atoms with Crippen molar-refractivity contribution < 1.29 is 0 Å². The predicted molar refractivity (Wildman–Crippen MR) is 81.4 cm³/mol. The van der Waals surface area contributed by atoms with Crippen LogP contribution in [0.15, 0.2) is 45.3 Å². The second-order valence-corrected chi connectivity index (χ2v) is 6.11.